The molecular formula is C30H29FN4O3. The maximum absolute atomic E-state index is 13.7. The summed E-state index contributed by atoms with van der Waals surface area (Å²) in [5.41, 5.74) is 3.78. The molecule has 0 atom stereocenters. The third kappa shape index (κ3) is 5.54. The summed E-state index contributed by atoms with van der Waals surface area (Å²) < 4.78 is 25.8. The van der Waals surface area contributed by atoms with E-state index >= 15 is 0 Å². The molecule has 7 nitrogen and oxygen atoms in total. The number of piperazine rings is 1. The monoisotopic (exact) mass is 512 g/mol. The van der Waals surface area contributed by atoms with Gasteiger partial charge in [0, 0.05) is 50.1 Å². The minimum atomic E-state index is -0.283. The fourth-order valence-corrected chi connectivity index (χ4v) is 4.46. The Morgan fingerprint density at radius 1 is 0.816 bits per heavy atom. The summed E-state index contributed by atoms with van der Waals surface area (Å²) in [5.74, 6) is 1.09. The second-order valence-corrected chi connectivity index (χ2v) is 8.94. The molecule has 2 heterocycles. The van der Waals surface area contributed by atoms with Crippen molar-refractivity contribution in [1.29, 1.82) is 0 Å². The lowest BCUT2D eigenvalue weighted by atomic mass is 10.2. The first-order valence-corrected chi connectivity index (χ1v) is 12.4. The van der Waals surface area contributed by atoms with Crippen LogP contribution in [-0.4, -0.2) is 61.0 Å². The number of hydrogen-bond acceptors (Lipinski definition) is 5. The minimum Gasteiger partial charge on any atom is -0.497 e. The second kappa shape index (κ2) is 11.2. The van der Waals surface area contributed by atoms with E-state index in [2.05, 4.69) is 4.90 Å². The number of hydrogen-bond donors (Lipinski definition) is 0. The molecule has 1 aliphatic rings. The molecule has 1 aliphatic heterocycles. The molecule has 3 aromatic carbocycles. The number of anilines is 1. The van der Waals surface area contributed by atoms with Gasteiger partial charge in [0.1, 0.15) is 23.0 Å². The Balaban J connectivity index is 1.36. The maximum Gasteiger partial charge on any atom is 0.272 e. The summed E-state index contributed by atoms with van der Waals surface area (Å²) in [6.45, 7) is 2.50. The van der Waals surface area contributed by atoms with Crippen molar-refractivity contribution in [2.45, 2.75) is 0 Å². The molecule has 8 heteroatoms. The van der Waals surface area contributed by atoms with Gasteiger partial charge in [-0.2, -0.15) is 5.10 Å². The van der Waals surface area contributed by atoms with Crippen molar-refractivity contribution >= 4 is 23.7 Å². The van der Waals surface area contributed by atoms with Crippen LogP contribution in [0.5, 0.6) is 11.5 Å². The normalized spacial score (nSPS) is 13.7. The molecular weight excluding hydrogens is 483 g/mol. The second-order valence-electron chi connectivity index (χ2n) is 8.94. The Bertz CT molecular complexity index is 1400. The summed E-state index contributed by atoms with van der Waals surface area (Å²) in [6, 6.07) is 23.4. The molecule has 0 aliphatic carbocycles. The fraction of sp³-hybridized carbons (Fsp3) is 0.200. The summed E-state index contributed by atoms with van der Waals surface area (Å²) in [7, 11) is 3.27. The number of nitrogens with zero attached hydrogens (tertiary/aromatic N) is 4. The highest BCUT2D eigenvalue weighted by Gasteiger charge is 2.26. The van der Waals surface area contributed by atoms with E-state index in [1.807, 2.05) is 65.6 Å². The highest BCUT2D eigenvalue weighted by atomic mass is 19.1. The molecule has 38 heavy (non-hydrogen) atoms. The van der Waals surface area contributed by atoms with Gasteiger partial charge in [0.2, 0.25) is 0 Å². The van der Waals surface area contributed by atoms with E-state index < -0.39 is 0 Å². The number of rotatable bonds is 7. The number of ether oxygens (including phenoxy) is 2. The summed E-state index contributed by atoms with van der Waals surface area (Å²) in [5, 5.41) is 4.70. The Morgan fingerprint density at radius 2 is 1.47 bits per heavy atom. The van der Waals surface area contributed by atoms with Gasteiger partial charge in [-0.1, -0.05) is 36.4 Å². The van der Waals surface area contributed by atoms with Crippen LogP contribution in [0.3, 0.4) is 0 Å². The first kappa shape index (κ1) is 25.1. The van der Waals surface area contributed by atoms with Crippen LogP contribution in [0.25, 0.3) is 17.8 Å². The molecule has 0 N–H and O–H groups in total. The van der Waals surface area contributed by atoms with Gasteiger partial charge in [0.05, 0.1) is 25.6 Å². The summed E-state index contributed by atoms with van der Waals surface area (Å²) in [6.07, 6.45) is 3.68. The molecule has 4 aromatic rings. The van der Waals surface area contributed by atoms with E-state index in [-0.39, 0.29) is 11.7 Å². The molecule has 0 radical (unpaired) electrons. The van der Waals surface area contributed by atoms with Crippen LogP contribution in [-0.2, 0) is 0 Å². The number of aromatic nitrogens is 2. The van der Waals surface area contributed by atoms with Crippen LogP contribution < -0.4 is 14.4 Å². The molecule has 194 valence electrons. The molecule has 0 saturated carbocycles. The van der Waals surface area contributed by atoms with Crippen LogP contribution in [0, 0.1) is 5.82 Å². The van der Waals surface area contributed by atoms with Gasteiger partial charge in [0.25, 0.3) is 5.91 Å². The summed E-state index contributed by atoms with van der Waals surface area (Å²) >= 11 is 0. The van der Waals surface area contributed by atoms with Gasteiger partial charge in [-0.3, -0.25) is 4.79 Å². The van der Waals surface area contributed by atoms with Crippen LogP contribution >= 0.6 is 0 Å². The van der Waals surface area contributed by atoms with E-state index in [1.165, 1.54) is 12.1 Å². The molecule has 1 fully saturated rings. The smallest absolute Gasteiger partial charge is 0.272 e. The standard InChI is InChI=1S/C30H29FN4O3/c1-37-27-19-26(20-28(21-27)38-2)33-14-16-34(17-15-33)30(36)29-18-24(13-10-22-8-11-23(31)12-9-22)32-35(29)25-6-4-3-5-7-25/h3-13,18-21H,14-17H2,1-2H3/b13-10+. The van der Waals surface area contributed by atoms with E-state index in [4.69, 9.17) is 14.6 Å². The number of carbonyl (C=O) groups is 1. The Labute approximate surface area is 221 Å². The lowest BCUT2D eigenvalue weighted by Crippen LogP contribution is -2.49. The molecule has 1 aromatic heterocycles. The minimum absolute atomic E-state index is 0.0781. The predicted molar refractivity (Wildman–Crippen MR) is 147 cm³/mol. The Hall–Kier alpha value is -4.59. The highest BCUT2D eigenvalue weighted by molar-refractivity contribution is 5.94. The van der Waals surface area contributed by atoms with Crippen LogP contribution in [0.4, 0.5) is 10.1 Å². The van der Waals surface area contributed by atoms with Crippen molar-refractivity contribution in [2.75, 3.05) is 45.3 Å². The largest absolute Gasteiger partial charge is 0.497 e. The number of para-hydroxylation sites is 1. The lowest BCUT2D eigenvalue weighted by molar-refractivity contribution is 0.0737. The first-order chi connectivity index (χ1) is 18.5. The van der Waals surface area contributed by atoms with Gasteiger partial charge in [-0.25, -0.2) is 9.07 Å². The first-order valence-electron chi connectivity index (χ1n) is 12.4. The number of methoxy groups -OCH3 is 2. The summed E-state index contributed by atoms with van der Waals surface area (Å²) in [4.78, 5) is 17.8. The van der Waals surface area contributed by atoms with Crippen molar-refractivity contribution in [3.05, 3.63) is 102 Å². The molecule has 0 unspecified atom stereocenters. The highest BCUT2D eigenvalue weighted by Crippen LogP contribution is 2.29. The van der Waals surface area contributed by atoms with Crippen molar-refractivity contribution in [3.63, 3.8) is 0 Å². The van der Waals surface area contributed by atoms with Crippen molar-refractivity contribution in [3.8, 4) is 17.2 Å². The van der Waals surface area contributed by atoms with Crippen molar-refractivity contribution in [1.82, 2.24) is 14.7 Å². The van der Waals surface area contributed by atoms with Gasteiger partial charge in [0.15, 0.2) is 0 Å². The Kier molecular flexibility index (Phi) is 7.40. The third-order valence-electron chi connectivity index (χ3n) is 6.53. The van der Waals surface area contributed by atoms with Gasteiger partial charge in [-0.15, -0.1) is 0 Å². The number of benzene rings is 3. The topological polar surface area (TPSA) is 59.8 Å². The van der Waals surface area contributed by atoms with Gasteiger partial charge in [-0.05, 0) is 42.0 Å². The number of carbonyl (C=O) groups excluding carboxylic acids is 1. The van der Waals surface area contributed by atoms with E-state index in [1.54, 1.807) is 37.1 Å². The Morgan fingerprint density at radius 3 is 2.11 bits per heavy atom. The predicted octanol–water partition coefficient (Wildman–Crippen LogP) is 5.16. The lowest BCUT2D eigenvalue weighted by Gasteiger charge is -2.36. The number of amides is 1. The molecule has 1 amide bonds. The molecule has 1 saturated heterocycles. The molecule has 0 bridgehead atoms. The molecule has 0 spiro atoms. The fourth-order valence-electron chi connectivity index (χ4n) is 4.46. The average molecular weight is 513 g/mol. The zero-order valence-electron chi connectivity index (χ0n) is 21.4. The third-order valence-corrected chi connectivity index (χ3v) is 6.53. The number of halogens is 1. The quantitative estimate of drug-likeness (QED) is 0.342. The van der Waals surface area contributed by atoms with Crippen LogP contribution in [0.1, 0.15) is 21.7 Å². The van der Waals surface area contributed by atoms with Crippen molar-refractivity contribution in [2.24, 2.45) is 0 Å². The zero-order chi connectivity index (χ0) is 26.5. The van der Waals surface area contributed by atoms with Crippen molar-refractivity contribution < 1.29 is 18.7 Å². The van der Waals surface area contributed by atoms with E-state index in [0.717, 1.165) is 28.4 Å². The SMILES string of the molecule is COc1cc(OC)cc(N2CCN(C(=O)c3cc(/C=C/c4ccc(F)cc4)nn3-c3ccccc3)CC2)c1. The van der Waals surface area contributed by atoms with E-state index in [9.17, 15) is 9.18 Å². The van der Waals surface area contributed by atoms with Gasteiger partial charge >= 0.3 is 0 Å². The average Bonchev–Trinajstić information content (AvgIpc) is 3.41. The maximum atomic E-state index is 13.7. The van der Waals surface area contributed by atoms with Crippen LogP contribution in [0.2, 0.25) is 0 Å². The molecule has 5 rings (SSSR count). The van der Waals surface area contributed by atoms with Crippen LogP contribution in [0.15, 0.2) is 78.9 Å². The zero-order valence-corrected chi connectivity index (χ0v) is 21.4. The van der Waals surface area contributed by atoms with E-state index in [0.29, 0.717) is 37.6 Å². The van der Waals surface area contributed by atoms with Gasteiger partial charge < -0.3 is 19.3 Å².